The molecule has 0 saturated carbocycles. The summed E-state index contributed by atoms with van der Waals surface area (Å²) in [4.78, 5) is 8.36. The van der Waals surface area contributed by atoms with Crippen LogP contribution in [-0.2, 0) is 4.74 Å². The monoisotopic (exact) mass is 251 g/mol. The van der Waals surface area contributed by atoms with E-state index in [1.807, 2.05) is 6.07 Å². The molecule has 1 aromatic heterocycles. The first kappa shape index (κ1) is 13.0. The topological polar surface area (TPSA) is 71.1 Å². The van der Waals surface area contributed by atoms with Gasteiger partial charge < -0.3 is 20.7 Å². The predicted octanol–water partition coefficient (Wildman–Crippen LogP) is 0.697. The number of morpholine rings is 1. The fraction of sp³-hybridized carbons (Fsp3) is 0.667. The Kier molecular flexibility index (Phi) is 4.72. The maximum Gasteiger partial charge on any atom is 0.131 e. The van der Waals surface area contributed by atoms with E-state index in [0.717, 1.165) is 37.9 Å². The summed E-state index contributed by atoms with van der Waals surface area (Å²) in [6.45, 7) is 7.51. The zero-order chi connectivity index (χ0) is 12.8. The minimum absolute atomic E-state index is 0.204. The third-order valence-corrected chi connectivity index (χ3v) is 2.62. The molecule has 100 valence electrons. The lowest BCUT2D eigenvalue weighted by Gasteiger charge is -2.24. The fourth-order valence-electron chi connectivity index (χ4n) is 1.80. The van der Waals surface area contributed by atoms with Crippen molar-refractivity contribution in [2.75, 3.05) is 36.9 Å². The first-order valence-electron chi connectivity index (χ1n) is 6.39. The molecule has 1 aromatic rings. The van der Waals surface area contributed by atoms with Gasteiger partial charge in [0, 0.05) is 31.7 Å². The van der Waals surface area contributed by atoms with Gasteiger partial charge in [-0.3, -0.25) is 0 Å². The highest BCUT2D eigenvalue weighted by atomic mass is 16.5. The number of hydrogen-bond acceptors (Lipinski definition) is 6. The van der Waals surface area contributed by atoms with Gasteiger partial charge in [0.15, 0.2) is 0 Å². The van der Waals surface area contributed by atoms with Crippen molar-refractivity contribution in [2.24, 2.45) is 0 Å². The summed E-state index contributed by atoms with van der Waals surface area (Å²) in [6, 6.07) is 2.27. The predicted molar refractivity (Wildman–Crippen MR) is 71.9 cm³/mol. The molecule has 1 fully saturated rings. The Balaban J connectivity index is 1.84. The molecule has 18 heavy (non-hydrogen) atoms. The molecule has 0 radical (unpaired) electrons. The van der Waals surface area contributed by atoms with E-state index >= 15 is 0 Å². The van der Waals surface area contributed by atoms with Crippen LogP contribution in [0.25, 0.3) is 0 Å². The van der Waals surface area contributed by atoms with Gasteiger partial charge in [-0.2, -0.15) is 0 Å². The molecule has 6 nitrogen and oxygen atoms in total. The highest BCUT2D eigenvalue weighted by Gasteiger charge is 2.12. The van der Waals surface area contributed by atoms with E-state index in [2.05, 4.69) is 39.8 Å². The molecule has 0 aliphatic carbocycles. The Hall–Kier alpha value is -1.40. The summed E-state index contributed by atoms with van der Waals surface area (Å²) in [6.07, 6.45) is 1.77. The van der Waals surface area contributed by atoms with E-state index in [4.69, 9.17) is 4.74 Å². The molecule has 0 spiro atoms. The van der Waals surface area contributed by atoms with E-state index in [0.29, 0.717) is 6.04 Å². The third kappa shape index (κ3) is 4.12. The molecule has 0 bridgehead atoms. The SMILES string of the molecule is CC(C)Nc1cc(NCC2CNCCO2)ncn1. The van der Waals surface area contributed by atoms with E-state index in [9.17, 15) is 0 Å². The maximum atomic E-state index is 5.61. The smallest absolute Gasteiger partial charge is 0.131 e. The van der Waals surface area contributed by atoms with E-state index in [1.54, 1.807) is 6.33 Å². The van der Waals surface area contributed by atoms with Crippen molar-refractivity contribution in [2.45, 2.75) is 26.0 Å². The molecule has 1 saturated heterocycles. The summed E-state index contributed by atoms with van der Waals surface area (Å²) in [5, 5.41) is 9.82. The average molecular weight is 251 g/mol. The second-order valence-corrected chi connectivity index (χ2v) is 4.67. The Bertz CT molecular complexity index is 365. The minimum Gasteiger partial charge on any atom is -0.374 e. The molecule has 1 atom stereocenters. The van der Waals surface area contributed by atoms with Crippen LogP contribution in [0.2, 0.25) is 0 Å². The van der Waals surface area contributed by atoms with Gasteiger partial charge in [-0.05, 0) is 13.8 Å². The molecule has 0 amide bonds. The second-order valence-electron chi connectivity index (χ2n) is 4.67. The molecule has 2 heterocycles. The van der Waals surface area contributed by atoms with Gasteiger partial charge in [0.25, 0.3) is 0 Å². The number of rotatable bonds is 5. The van der Waals surface area contributed by atoms with E-state index < -0.39 is 0 Å². The standard InChI is InChI=1S/C12H21N5O/c1-9(2)17-12-5-11(15-8-16-12)14-7-10-6-13-3-4-18-10/h5,8-10,13H,3-4,6-7H2,1-2H3,(H2,14,15,16,17). The number of aromatic nitrogens is 2. The van der Waals surface area contributed by atoms with Crippen molar-refractivity contribution in [3.05, 3.63) is 12.4 Å². The fourth-order valence-corrected chi connectivity index (χ4v) is 1.80. The lowest BCUT2D eigenvalue weighted by atomic mass is 10.3. The molecular formula is C12H21N5O. The first-order valence-corrected chi connectivity index (χ1v) is 6.39. The number of anilines is 2. The number of nitrogens with zero attached hydrogens (tertiary/aromatic N) is 2. The van der Waals surface area contributed by atoms with E-state index in [-0.39, 0.29) is 6.10 Å². The van der Waals surface area contributed by atoms with Gasteiger partial charge in [-0.1, -0.05) is 0 Å². The lowest BCUT2D eigenvalue weighted by molar-refractivity contribution is 0.0372. The Morgan fingerprint density at radius 1 is 1.44 bits per heavy atom. The zero-order valence-electron chi connectivity index (χ0n) is 10.9. The normalized spacial score (nSPS) is 19.8. The van der Waals surface area contributed by atoms with Gasteiger partial charge in [0.2, 0.25) is 0 Å². The van der Waals surface area contributed by atoms with Crippen LogP contribution in [0.4, 0.5) is 11.6 Å². The van der Waals surface area contributed by atoms with Crippen molar-refractivity contribution in [1.82, 2.24) is 15.3 Å². The van der Waals surface area contributed by atoms with Gasteiger partial charge in [0.1, 0.15) is 18.0 Å². The quantitative estimate of drug-likeness (QED) is 0.715. The Morgan fingerprint density at radius 3 is 3.00 bits per heavy atom. The number of hydrogen-bond donors (Lipinski definition) is 3. The second kappa shape index (κ2) is 6.51. The molecule has 0 aromatic carbocycles. The zero-order valence-corrected chi connectivity index (χ0v) is 10.9. The van der Waals surface area contributed by atoms with Gasteiger partial charge in [0.05, 0.1) is 12.7 Å². The maximum absolute atomic E-state index is 5.61. The molecule has 1 unspecified atom stereocenters. The van der Waals surface area contributed by atoms with Crippen LogP contribution >= 0.6 is 0 Å². The van der Waals surface area contributed by atoms with Crippen LogP contribution in [0, 0.1) is 0 Å². The van der Waals surface area contributed by atoms with E-state index in [1.165, 1.54) is 0 Å². The highest BCUT2D eigenvalue weighted by Crippen LogP contribution is 2.10. The largest absolute Gasteiger partial charge is 0.374 e. The summed E-state index contributed by atoms with van der Waals surface area (Å²) in [5.74, 6) is 1.66. The molecule has 2 rings (SSSR count). The minimum atomic E-state index is 0.204. The van der Waals surface area contributed by atoms with Gasteiger partial charge in [-0.15, -0.1) is 0 Å². The molecular weight excluding hydrogens is 230 g/mol. The van der Waals surface area contributed by atoms with Crippen molar-refractivity contribution < 1.29 is 4.74 Å². The van der Waals surface area contributed by atoms with Crippen LogP contribution in [-0.4, -0.2) is 48.4 Å². The average Bonchev–Trinajstić information content (AvgIpc) is 2.37. The molecule has 1 aliphatic rings. The first-order chi connectivity index (χ1) is 8.74. The highest BCUT2D eigenvalue weighted by molar-refractivity contribution is 5.46. The summed E-state index contributed by atoms with van der Waals surface area (Å²) in [7, 11) is 0. The van der Waals surface area contributed by atoms with Gasteiger partial charge in [-0.25, -0.2) is 9.97 Å². The Labute approximate surface area is 108 Å². The van der Waals surface area contributed by atoms with Crippen LogP contribution in [0.5, 0.6) is 0 Å². The van der Waals surface area contributed by atoms with Crippen LogP contribution < -0.4 is 16.0 Å². The summed E-state index contributed by atoms with van der Waals surface area (Å²) < 4.78 is 5.61. The summed E-state index contributed by atoms with van der Waals surface area (Å²) in [5.41, 5.74) is 0. The molecule has 6 heteroatoms. The third-order valence-electron chi connectivity index (χ3n) is 2.62. The van der Waals surface area contributed by atoms with Crippen LogP contribution in [0.15, 0.2) is 12.4 Å². The molecule has 3 N–H and O–H groups in total. The van der Waals surface area contributed by atoms with Crippen molar-refractivity contribution in [1.29, 1.82) is 0 Å². The lowest BCUT2D eigenvalue weighted by Crippen LogP contribution is -2.42. The van der Waals surface area contributed by atoms with Crippen molar-refractivity contribution in [3.63, 3.8) is 0 Å². The Morgan fingerprint density at radius 2 is 2.28 bits per heavy atom. The van der Waals surface area contributed by atoms with Gasteiger partial charge >= 0.3 is 0 Å². The van der Waals surface area contributed by atoms with Crippen molar-refractivity contribution in [3.8, 4) is 0 Å². The summed E-state index contributed by atoms with van der Waals surface area (Å²) >= 11 is 0. The molecule has 1 aliphatic heterocycles. The van der Waals surface area contributed by atoms with Crippen molar-refractivity contribution >= 4 is 11.6 Å². The van der Waals surface area contributed by atoms with Crippen LogP contribution in [0.3, 0.4) is 0 Å². The van der Waals surface area contributed by atoms with Crippen LogP contribution in [0.1, 0.15) is 13.8 Å². The number of ether oxygens (including phenoxy) is 1. The number of nitrogens with one attached hydrogen (secondary N) is 3.